The van der Waals surface area contributed by atoms with Gasteiger partial charge in [-0.3, -0.25) is 4.79 Å². The van der Waals surface area contributed by atoms with Gasteiger partial charge in [-0.1, -0.05) is 39.8 Å². The number of carbonyl (C=O) groups excluding carboxylic acids is 1. The third-order valence-corrected chi connectivity index (χ3v) is 5.01. The van der Waals surface area contributed by atoms with E-state index in [0.717, 1.165) is 12.0 Å². The zero-order valence-corrected chi connectivity index (χ0v) is 16.3. The van der Waals surface area contributed by atoms with Crippen molar-refractivity contribution in [3.05, 3.63) is 29.8 Å². The molecule has 0 aliphatic rings. The zero-order chi connectivity index (χ0) is 18.5. The predicted octanol–water partition coefficient (Wildman–Crippen LogP) is 3.59. The summed E-state index contributed by atoms with van der Waals surface area (Å²) in [4.78, 5) is 14.6. The fraction of sp³-hybridized carbons (Fsp3) is 0.611. The van der Waals surface area contributed by atoms with Crippen molar-refractivity contribution in [3.8, 4) is 5.75 Å². The standard InChI is InChI=1S/C18H29NO4S/c1-7-14(3)19(17(20)18(4,5)6)13-15-10-9-11-16(12-15)23-24(21,22)8-2/h9-12,14H,7-8,13H2,1-6H3/t14-/m0/s1. The summed E-state index contributed by atoms with van der Waals surface area (Å²) in [5.41, 5.74) is 0.375. The van der Waals surface area contributed by atoms with Gasteiger partial charge in [-0.05, 0) is 38.0 Å². The van der Waals surface area contributed by atoms with Crippen LogP contribution in [0.25, 0.3) is 0 Å². The van der Waals surface area contributed by atoms with Crippen molar-refractivity contribution in [2.75, 3.05) is 5.75 Å². The van der Waals surface area contributed by atoms with Crippen molar-refractivity contribution in [3.63, 3.8) is 0 Å². The maximum Gasteiger partial charge on any atom is 0.308 e. The fourth-order valence-electron chi connectivity index (χ4n) is 2.18. The summed E-state index contributed by atoms with van der Waals surface area (Å²) in [5, 5.41) is 0. The Bertz CT molecular complexity index is 662. The van der Waals surface area contributed by atoms with Gasteiger partial charge in [0.1, 0.15) is 5.75 Å². The van der Waals surface area contributed by atoms with Crippen LogP contribution in [0, 0.1) is 5.41 Å². The molecule has 0 fully saturated rings. The van der Waals surface area contributed by atoms with Crippen molar-refractivity contribution < 1.29 is 17.4 Å². The number of amides is 1. The van der Waals surface area contributed by atoms with Crippen molar-refractivity contribution >= 4 is 16.0 Å². The Hall–Kier alpha value is -1.56. The average Bonchev–Trinajstić information content (AvgIpc) is 2.50. The Morgan fingerprint density at radius 2 is 1.88 bits per heavy atom. The van der Waals surface area contributed by atoms with Crippen molar-refractivity contribution in [1.82, 2.24) is 4.90 Å². The van der Waals surface area contributed by atoms with Crippen LogP contribution in [0.15, 0.2) is 24.3 Å². The number of benzene rings is 1. The molecule has 0 aromatic heterocycles. The molecule has 0 N–H and O–H groups in total. The molecule has 0 aliphatic heterocycles. The van der Waals surface area contributed by atoms with Crippen molar-refractivity contribution in [2.24, 2.45) is 5.41 Å². The maximum atomic E-state index is 12.7. The van der Waals surface area contributed by atoms with Gasteiger partial charge in [-0.2, -0.15) is 8.42 Å². The van der Waals surface area contributed by atoms with E-state index in [-0.39, 0.29) is 23.5 Å². The highest BCUT2D eigenvalue weighted by molar-refractivity contribution is 7.87. The number of rotatable bonds is 7. The van der Waals surface area contributed by atoms with Crippen LogP contribution in [0.2, 0.25) is 0 Å². The Labute approximate surface area is 146 Å². The van der Waals surface area contributed by atoms with Crippen LogP contribution in [0.3, 0.4) is 0 Å². The van der Waals surface area contributed by atoms with Crippen molar-refractivity contribution in [1.29, 1.82) is 0 Å². The van der Waals surface area contributed by atoms with Gasteiger partial charge in [0.25, 0.3) is 0 Å². The van der Waals surface area contributed by atoms with Gasteiger partial charge in [-0.15, -0.1) is 0 Å². The Balaban J connectivity index is 3.05. The van der Waals surface area contributed by atoms with E-state index >= 15 is 0 Å². The normalized spacial score (nSPS) is 13.4. The second-order valence-corrected chi connectivity index (χ2v) is 8.88. The van der Waals surface area contributed by atoms with Crippen LogP contribution >= 0.6 is 0 Å². The Morgan fingerprint density at radius 3 is 2.38 bits per heavy atom. The highest BCUT2D eigenvalue weighted by Gasteiger charge is 2.29. The summed E-state index contributed by atoms with van der Waals surface area (Å²) in [5.74, 6) is 0.268. The fourth-order valence-corrected chi connectivity index (χ4v) is 2.69. The molecule has 1 amide bonds. The minimum absolute atomic E-state index is 0.0735. The highest BCUT2D eigenvalue weighted by Crippen LogP contribution is 2.24. The van der Waals surface area contributed by atoms with Crippen LogP contribution < -0.4 is 4.18 Å². The van der Waals surface area contributed by atoms with E-state index in [2.05, 4.69) is 0 Å². The van der Waals surface area contributed by atoms with Crippen LogP contribution in [0.5, 0.6) is 5.75 Å². The second-order valence-electron chi connectivity index (χ2n) is 7.02. The van der Waals surface area contributed by atoms with E-state index in [1.54, 1.807) is 18.2 Å². The van der Waals surface area contributed by atoms with Gasteiger partial charge in [0, 0.05) is 18.0 Å². The van der Waals surface area contributed by atoms with E-state index in [1.165, 1.54) is 6.92 Å². The lowest BCUT2D eigenvalue weighted by molar-refractivity contribution is -0.142. The third kappa shape index (κ3) is 5.82. The molecule has 1 aromatic carbocycles. The minimum atomic E-state index is -3.56. The molecule has 0 saturated heterocycles. The molecule has 0 heterocycles. The van der Waals surface area contributed by atoms with Gasteiger partial charge in [0.15, 0.2) is 0 Å². The van der Waals surface area contributed by atoms with E-state index in [9.17, 15) is 13.2 Å². The molecule has 136 valence electrons. The predicted molar refractivity (Wildman–Crippen MR) is 96.3 cm³/mol. The zero-order valence-electron chi connectivity index (χ0n) is 15.5. The molecule has 0 unspecified atom stereocenters. The third-order valence-electron chi connectivity index (χ3n) is 3.85. The van der Waals surface area contributed by atoms with Crippen LogP contribution in [-0.4, -0.2) is 31.0 Å². The van der Waals surface area contributed by atoms with E-state index < -0.39 is 15.5 Å². The van der Waals surface area contributed by atoms with Gasteiger partial charge in [0.05, 0.1) is 5.75 Å². The molecule has 6 heteroatoms. The molecule has 1 rings (SSSR count). The van der Waals surface area contributed by atoms with Crippen LogP contribution in [0.1, 0.15) is 53.5 Å². The number of hydrogen-bond acceptors (Lipinski definition) is 4. The quantitative estimate of drug-likeness (QED) is 0.701. The first-order valence-electron chi connectivity index (χ1n) is 8.32. The summed E-state index contributed by atoms with van der Waals surface area (Å²) in [7, 11) is -3.56. The summed E-state index contributed by atoms with van der Waals surface area (Å²) in [6.07, 6.45) is 0.849. The Morgan fingerprint density at radius 1 is 1.25 bits per heavy atom. The maximum absolute atomic E-state index is 12.7. The molecule has 0 spiro atoms. The summed E-state index contributed by atoms with van der Waals surface area (Å²) in [6.45, 7) is 11.7. The molecular formula is C18H29NO4S. The molecule has 1 aromatic rings. The number of carbonyl (C=O) groups is 1. The van der Waals surface area contributed by atoms with Crippen LogP contribution in [0.4, 0.5) is 0 Å². The summed E-state index contributed by atoms with van der Waals surface area (Å²) < 4.78 is 28.3. The first-order chi connectivity index (χ1) is 11.0. The molecule has 5 nitrogen and oxygen atoms in total. The molecule has 0 saturated carbocycles. The van der Waals surface area contributed by atoms with Gasteiger partial charge in [0.2, 0.25) is 5.91 Å². The molecular weight excluding hydrogens is 326 g/mol. The van der Waals surface area contributed by atoms with E-state index in [1.807, 2.05) is 45.6 Å². The van der Waals surface area contributed by atoms with E-state index in [4.69, 9.17) is 4.18 Å². The van der Waals surface area contributed by atoms with Crippen LogP contribution in [-0.2, 0) is 21.5 Å². The van der Waals surface area contributed by atoms with Gasteiger partial charge < -0.3 is 9.08 Å². The lowest BCUT2D eigenvalue weighted by Crippen LogP contribution is -2.44. The molecule has 24 heavy (non-hydrogen) atoms. The SMILES string of the molecule is CC[C@H](C)N(Cc1cccc(OS(=O)(=O)CC)c1)C(=O)C(C)(C)C. The lowest BCUT2D eigenvalue weighted by Gasteiger charge is -2.34. The Kier molecular flexibility index (Phi) is 6.84. The number of nitrogens with zero attached hydrogens (tertiary/aromatic N) is 1. The summed E-state index contributed by atoms with van der Waals surface area (Å²) >= 11 is 0. The number of hydrogen-bond donors (Lipinski definition) is 0. The second kappa shape index (κ2) is 8.01. The molecule has 0 bridgehead atoms. The van der Waals surface area contributed by atoms with Crippen molar-refractivity contribution in [2.45, 2.75) is 60.5 Å². The van der Waals surface area contributed by atoms with Gasteiger partial charge in [-0.25, -0.2) is 0 Å². The molecule has 0 aliphatic carbocycles. The summed E-state index contributed by atoms with van der Waals surface area (Å²) in [6, 6.07) is 7.00. The topological polar surface area (TPSA) is 63.7 Å². The lowest BCUT2D eigenvalue weighted by atomic mass is 9.93. The van der Waals surface area contributed by atoms with Gasteiger partial charge >= 0.3 is 10.1 Å². The average molecular weight is 356 g/mol. The molecule has 0 radical (unpaired) electrons. The highest BCUT2D eigenvalue weighted by atomic mass is 32.2. The first kappa shape index (κ1) is 20.5. The monoisotopic (exact) mass is 355 g/mol. The smallest absolute Gasteiger partial charge is 0.308 e. The first-order valence-corrected chi connectivity index (χ1v) is 9.90. The molecule has 1 atom stereocenters. The minimum Gasteiger partial charge on any atom is -0.382 e. The largest absolute Gasteiger partial charge is 0.382 e. The van der Waals surface area contributed by atoms with E-state index in [0.29, 0.717) is 6.54 Å².